The minimum atomic E-state index is 0.431. The van der Waals surface area contributed by atoms with Gasteiger partial charge in [0, 0.05) is 0 Å². The quantitative estimate of drug-likeness (QED) is 0.479. The van der Waals surface area contributed by atoms with Crippen molar-refractivity contribution in [3.8, 4) is 6.07 Å². The van der Waals surface area contributed by atoms with Crippen molar-refractivity contribution in [3.63, 3.8) is 0 Å². The van der Waals surface area contributed by atoms with Crippen LogP contribution in [0.15, 0.2) is 0 Å². The van der Waals surface area contributed by atoms with Crippen molar-refractivity contribution in [2.75, 3.05) is 0 Å². The minimum absolute atomic E-state index is 0.431. The normalized spacial score (nSPS) is 7.86. The Hall–Kier alpha value is -0.950. The molecule has 1 aromatic heterocycles. The molecule has 7 heavy (non-hydrogen) atoms. The largest absolute Gasteiger partial charge is 0.191 e. The predicted octanol–water partition coefficient (Wildman–Crippen LogP) is 0.210. The van der Waals surface area contributed by atoms with E-state index < -0.39 is 0 Å². The molecule has 0 bridgehead atoms. The second-order valence-corrected chi connectivity index (χ2v) is 1.58. The van der Waals surface area contributed by atoms with E-state index in [0.29, 0.717) is 4.88 Å². The van der Waals surface area contributed by atoms with Gasteiger partial charge in [-0.05, 0) is 11.5 Å². The molecule has 1 rings (SSSR count). The second-order valence-electron chi connectivity index (χ2n) is 0.826. The smallest absolute Gasteiger partial charge is 0.155 e. The minimum Gasteiger partial charge on any atom is -0.191 e. The highest BCUT2D eigenvalue weighted by Gasteiger charge is 1.87. The van der Waals surface area contributed by atoms with Crippen molar-refractivity contribution in [2.24, 2.45) is 0 Å². The molecule has 3 nitrogen and oxygen atoms in total. The Labute approximate surface area is 44.4 Å². The van der Waals surface area contributed by atoms with Crippen LogP contribution in [-0.4, -0.2) is 9.59 Å². The van der Waals surface area contributed by atoms with E-state index in [2.05, 4.69) is 15.8 Å². The van der Waals surface area contributed by atoms with Gasteiger partial charge in [0.15, 0.2) is 4.88 Å². The summed E-state index contributed by atoms with van der Waals surface area (Å²) in [6.45, 7) is 0. The maximum absolute atomic E-state index is 8.08. The van der Waals surface area contributed by atoms with Gasteiger partial charge in [-0.15, -0.1) is 5.10 Å². The number of nitriles is 1. The van der Waals surface area contributed by atoms with Crippen LogP contribution in [0.1, 0.15) is 4.88 Å². The summed E-state index contributed by atoms with van der Waals surface area (Å²) < 4.78 is 3.41. The summed E-state index contributed by atoms with van der Waals surface area (Å²) in [6.07, 6.45) is 2.38. The highest BCUT2D eigenvalue weighted by molar-refractivity contribution is 7.06. The van der Waals surface area contributed by atoms with Gasteiger partial charge >= 0.3 is 0 Å². The summed E-state index contributed by atoms with van der Waals surface area (Å²) in [5.41, 5.74) is 0. The zero-order valence-corrected chi connectivity index (χ0v) is 4.07. The van der Waals surface area contributed by atoms with Gasteiger partial charge in [-0.25, -0.2) is 0 Å². The SMILES string of the molecule is N#Cc1[c]nns1. The molecule has 0 aliphatic carbocycles. The highest BCUT2D eigenvalue weighted by Crippen LogP contribution is 1.94. The molecule has 0 atom stereocenters. The first-order valence-electron chi connectivity index (χ1n) is 1.53. The van der Waals surface area contributed by atoms with Gasteiger partial charge in [-0.3, -0.25) is 0 Å². The first-order chi connectivity index (χ1) is 3.43. The molecule has 0 unspecified atom stereocenters. The summed E-state index contributed by atoms with van der Waals surface area (Å²) in [7, 11) is 0. The number of aromatic nitrogens is 2. The third kappa shape index (κ3) is 0.725. The van der Waals surface area contributed by atoms with Gasteiger partial charge < -0.3 is 0 Å². The van der Waals surface area contributed by atoms with E-state index >= 15 is 0 Å². The van der Waals surface area contributed by atoms with Crippen LogP contribution in [0.5, 0.6) is 0 Å². The van der Waals surface area contributed by atoms with Gasteiger partial charge in [0.1, 0.15) is 12.3 Å². The summed E-state index contributed by atoms with van der Waals surface area (Å²) in [5, 5.41) is 11.4. The molecule has 0 spiro atoms. The average Bonchev–Trinajstić information content (AvgIpc) is 2.14. The number of rotatable bonds is 0. The Morgan fingerprint density at radius 2 is 2.71 bits per heavy atom. The zero-order chi connectivity index (χ0) is 5.11. The van der Waals surface area contributed by atoms with Crippen LogP contribution in [0.2, 0.25) is 0 Å². The molecule has 0 aliphatic rings. The van der Waals surface area contributed by atoms with E-state index in [4.69, 9.17) is 5.26 Å². The molecule has 1 aromatic rings. The Balaban J connectivity index is 3.04. The monoisotopic (exact) mass is 110 g/mol. The van der Waals surface area contributed by atoms with Gasteiger partial charge in [0.2, 0.25) is 0 Å². The van der Waals surface area contributed by atoms with Crippen molar-refractivity contribution in [2.45, 2.75) is 0 Å². The lowest BCUT2D eigenvalue weighted by atomic mass is 10.6. The van der Waals surface area contributed by atoms with Crippen LogP contribution in [0.3, 0.4) is 0 Å². The van der Waals surface area contributed by atoms with E-state index in [1.165, 1.54) is 0 Å². The molecular weight excluding hydrogens is 110 g/mol. The summed E-state index contributed by atoms with van der Waals surface area (Å²) >= 11 is 1.05. The number of nitrogens with zero attached hydrogens (tertiary/aromatic N) is 3. The van der Waals surface area contributed by atoms with Crippen molar-refractivity contribution in [3.05, 3.63) is 11.1 Å². The molecule has 0 fully saturated rings. The van der Waals surface area contributed by atoms with Gasteiger partial charge in [-0.1, -0.05) is 4.49 Å². The number of hydrogen-bond donors (Lipinski definition) is 0. The van der Waals surface area contributed by atoms with Crippen molar-refractivity contribution in [1.29, 1.82) is 5.26 Å². The van der Waals surface area contributed by atoms with Gasteiger partial charge in [0.25, 0.3) is 0 Å². The molecule has 0 saturated heterocycles. The Kier molecular flexibility index (Phi) is 1.00. The third-order valence-electron chi connectivity index (χ3n) is 0.426. The maximum Gasteiger partial charge on any atom is 0.155 e. The maximum atomic E-state index is 8.08. The van der Waals surface area contributed by atoms with Crippen LogP contribution < -0.4 is 0 Å². The van der Waals surface area contributed by atoms with Crippen molar-refractivity contribution >= 4 is 11.5 Å². The standard InChI is InChI=1S/C3N3S/c4-1-3-2-5-6-7-3. The van der Waals surface area contributed by atoms with E-state index in [9.17, 15) is 0 Å². The predicted molar refractivity (Wildman–Crippen MR) is 23.5 cm³/mol. The fourth-order valence-electron chi connectivity index (χ4n) is 0.193. The second kappa shape index (κ2) is 1.67. The highest BCUT2D eigenvalue weighted by atomic mass is 32.1. The summed E-state index contributed by atoms with van der Waals surface area (Å²) in [5.74, 6) is 0. The molecule has 0 N–H and O–H groups in total. The Bertz CT molecular complexity index is 173. The molecule has 33 valence electrons. The van der Waals surface area contributed by atoms with E-state index in [1.807, 2.05) is 6.07 Å². The first kappa shape index (κ1) is 4.22. The van der Waals surface area contributed by atoms with Gasteiger partial charge in [0.05, 0.1) is 0 Å². The molecule has 0 amide bonds. The van der Waals surface area contributed by atoms with E-state index in [0.717, 1.165) is 11.5 Å². The summed E-state index contributed by atoms with van der Waals surface area (Å²) in [6, 6.07) is 1.84. The topological polar surface area (TPSA) is 49.6 Å². The van der Waals surface area contributed by atoms with Crippen LogP contribution >= 0.6 is 11.5 Å². The lowest BCUT2D eigenvalue weighted by molar-refractivity contribution is 1.14. The molecular formula is C3N3S. The van der Waals surface area contributed by atoms with Crippen molar-refractivity contribution < 1.29 is 0 Å². The molecule has 1 radical (unpaired) electrons. The summed E-state index contributed by atoms with van der Waals surface area (Å²) in [4.78, 5) is 0.431. The Morgan fingerprint density at radius 1 is 1.86 bits per heavy atom. The zero-order valence-electron chi connectivity index (χ0n) is 3.25. The number of hydrogen-bond acceptors (Lipinski definition) is 4. The van der Waals surface area contributed by atoms with Crippen LogP contribution in [0.25, 0.3) is 0 Å². The fraction of sp³-hybridized carbons (Fsp3) is 0. The average molecular weight is 110 g/mol. The van der Waals surface area contributed by atoms with E-state index in [1.54, 1.807) is 0 Å². The molecule has 4 heteroatoms. The first-order valence-corrected chi connectivity index (χ1v) is 2.31. The van der Waals surface area contributed by atoms with Crippen LogP contribution in [-0.2, 0) is 0 Å². The Morgan fingerprint density at radius 3 is 3.00 bits per heavy atom. The van der Waals surface area contributed by atoms with E-state index in [-0.39, 0.29) is 0 Å². The molecule has 0 saturated carbocycles. The lowest BCUT2D eigenvalue weighted by Gasteiger charge is -1.55. The van der Waals surface area contributed by atoms with Crippen molar-refractivity contribution in [1.82, 2.24) is 9.59 Å². The molecule has 1 heterocycles. The van der Waals surface area contributed by atoms with Gasteiger partial charge in [-0.2, -0.15) is 5.26 Å². The van der Waals surface area contributed by atoms with Crippen LogP contribution in [0, 0.1) is 17.5 Å². The third-order valence-corrected chi connectivity index (χ3v) is 0.954. The molecule has 0 aliphatic heterocycles. The fourth-order valence-corrected chi connectivity index (χ4v) is 0.479. The lowest BCUT2D eigenvalue weighted by Crippen LogP contribution is -1.56. The van der Waals surface area contributed by atoms with Crippen LogP contribution in [0.4, 0.5) is 0 Å². The molecule has 0 aromatic carbocycles.